The first-order chi connectivity index (χ1) is 14.2. The van der Waals surface area contributed by atoms with E-state index in [0.717, 1.165) is 42.9 Å². The molecule has 0 bridgehead atoms. The van der Waals surface area contributed by atoms with Crippen molar-refractivity contribution in [2.75, 3.05) is 12.4 Å². The van der Waals surface area contributed by atoms with Gasteiger partial charge >= 0.3 is 5.97 Å². The summed E-state index contributed by atoms with van der Waals surface area (Å²) < 4.78 is 11.4. The molecule has 1 aliphatic heterocycles. The van der Waals surface area contributed by atoms with Crippen molar-refractivity contribution in [3.8, 4) is 0 Å². The molecule has 6 heteroatoms. The summed E-state index contributed by atoms with van der Waals surface area (Å²) >= 11 is 1.60. The summed E-state index contributed by atoms with van der Waals surface area (Å²) in [7, 11) is 0. The fourth-order valence-corrected chi connectivity index (χ4v) is 4.41. The van der Waals surface area contributed by atoms with Gasteiger partial charge in [-0.05, 0) is 37.8 Å². The monoisotopic (exact) mass is 411 g/mol. The SMILES string of the molecule is O=C(O[C@@H](C(=O)NC1CC1)c1ccccc1)c1ccccc1SC[C@H]1CCCO1. The number of carbonyl (C=O) groups is 2. The molecule has 0 unspecified atom stereocenters. The number of ether oxygens (including phenoxy) is 2. The zero-order valence-corrected chi connectivity index (χ0v) is 17.0. The molecule has 5 nitrogen and oxygen atoms in total. The summed E-state index contributed by atoms with van der Waals surface area (Å²) in [5.41, 5.74) is 1.15. The van der Waals surface area contributed by atoms with Gasteiger partial charge in [0.1, 0.15) is 0 Å². The van der Waals surface area contributed by atoms with E-state index in [1.54, 1.807) is 17.8 Å². The van der Waals surface area contributed by atoms with Gasteiger partial charge < -0.3 is 14.8 Å². The fraction of sp³-hybridized carbons (Fsp3) is 0.391. The summed E-state index contributed by atoms with van der Waals surface area (Å²) in [6.45, 7) is 0.809. The van der Waals surface area contributed by atoms with Crippen LogP contribution in [-0.2, 0) is 14.3 Å². The maximum absolute atomic E-state index is 13.0. The van der Waals surface area contributed by atoms with Crippen LogP contribution in [0.1, 0.15) is 47.7 Å². The zero-order valence-electron chi connectivity index (χ0n) is 16.2. The van der Waals surface area contributed by atoms with E-state index in [1.807, 2.05) is 48.5 Å². The van der Waals surface area contributed by atoms with Crippen LogP contribution in [0.15, 0.2) is 59.5 Å². The first-order valence-electron chi connectivity index (χ1n) is 10.1. The third-order valence-corrected chi connectivity index (χ3v) is 6.25. The van der Waals surface area contributed by atoms with E-state index in [4.69, 9.17) is 9.47 Å². The van der Waals surface area contributed by atoms with Gasteiger partial charge in [-0.2, -0.15) is 0 Å². The minimum absolute atomic E-state index is 0.196. The molecule has 1 saturated carbocycles. The van der Waals surface area contributed by atoms with E-state index in [0.29, 0.717) is 11.1 Å². The van der Waals surface area contributed by atoms with Crippen LogP contribution in [0.3, 0.4) is 0 Å². The first-order valence-corrected chi connectivity index (χ1v) is 11.1. The van der Waals surface area contributed by atoms with Crippen molar-refractivity contribution in [3.05, 3.63) is 65.7 Å². The lowest BCUT2D eigenvalue weighted by molar-refractivity contribution is -0.130. The molecule has 29 heavy (non-hydrogen) atoms. The van der Waals surface area contributed by atoms with E-state index in [-0.39, 0.29) is 18.1 Å². The van der Waals surface area contributed by atoms with Crippen LogP contribution >= 0.6 is 11.8 Å². The lowest BCUT2D eigenvalue weighted by atomic mass is 10.1. The van der Waals surface area contributed by atoms with Gasteiger partial charge in [-0.25, -0.2) is 4.79 Å². The highest BCUT2D eigenvalue weighted by molar-refractivity contribution is 7.99. The fourth-order valence-electron chi connectivity index (χ4n) is 3.30. The molecule has 1 amide bonds. The molecule has 1 heterocycles. The van der Waals surface area contributed by atoms with Crippen molar-refractivity contribution in [2.24, 2.45) is 0 Å². The van der Waals surface area contributed by atoms with Gasteiger partial charge in [0.2, 0.25) is 6.10 Å². The van der Waals surface area contributed by atoms with Crippen molar-refractivity contribution < 1.29 is 19.1 Å². The summed E-state index contributed by atoms with van der Waals surface area (Å²) in [5, 5.41) is 2.95. The molecule has 0 spiro atoms. The molecule has 2 aromatic carbocycles. The maximum atomic E-state index is 13.0. The predicted molar refractivity (Wildman–Crippen MR) is 112 cm³/mol. The van der Waals surface area contributed by atoms with E-state index in [2.05, 4.69) is 5.32 Å². The molecule has 2 aliphatic rings. The lowest BCUT2D eigenvalue weighted by Crippen LogP contribution is -2.33. The second-order valence-electron chi connectivity index (χ2n) is 7.42. The smallest absolute Gasteiger partial charge is 0.340 e. The molecule has 1 aliphatic carbocycles. The molecule has 4 rings (SSSR count). The van der Waals surface area contributed by atoms with Crippen LogP contribution in [0.25, 0.3) is 0 Å². The highest BCUT2D eigenvalue weighted by atomic mass is 32.2. The number of hydrogen-bond acceptors (Lipinski definition) is 5. The van der Waals surface area contributed by atoms with Crippen molar-refractivity contribution in [2.45, 2.75) is 48.8 Å². The third-order valence-electron chi connectivity index (χ3n) is 5.04. The molecule has 2 atom stereocenters. The number of hydrogen-bond donors (Lipinski definition) is 1. The molecule has 1 saturated heterocycles. The summed E-state index contributed by atoms with van der Waals surface area (Å²) in [6, 6.07) is 16.7. The normalized spacial score (nSPS) is 19.5. The van der Waals surface area contributed by atoms with E-state index in [9.17, 15) is 9.59 Å². The molecule has 0 radical (unpaired) electrons. The van der Waals surface area contributed by atoms with Gasteiger partial charge in [0.15, 0.2) is 0 Å². The second-order valence-corrected chi connectivity index (χ2v) is 8.48. The van der Waals surface area contributed by atoms with Crippen LogP contribution in [0.2, 0.25) is 0 Å². The van der Waals surface area contributed by atoms with E-state index < -0.39 is 12.1 Å². The quantitative estimate of drug-likeness (QED) is 0.523. The van der Waals surface area contributed by atoms with Gasteiger partial charge in [0.05, 0.1) is 11.7 Å². The van der Waals surface area contributed by atoms with Crippen molar-refractivity contribution in [3.63, 3.8) is 0 Å². The Kier molecular flexibility index (Phi) is 6.52. The second kappa shape index (κ2) is 9.46. The molecule has 2 fully saturated rings. The van der Waals surface area contributed by atoms with Gasteiger partial charge in [-0.3, -0.25) is 4.79 Å². The number of rotatable bonds is 8. The number of amides is 1. The molecule has 1 N–H and O–H groups in total. The van der Waals surface area contributed by atoms with Gasteiger partial charge in [0, 0.05) is 28.9 Å². The average Bonchev–Trinajstić information content (AvgIpc) is 3.41. The van der Waals surface area contributed by atoms with Crippen LogP contribution in [-0.4, -0.2) is 36.4 Å². The van der Waals surface area contributed by atoms with Gasteiger partial charge in [-0.15, -0.1) is 11.8 Å². The number of esters is 1. The highest BCUT2D eigenvalue weighted by Crippen LogP contribution is 2.29. The van der Waals surface area contributed by atoms with Crippen molar-refractivity contribution >= 4 is 23.6 Å². The average molecular weight is 412 g/mol. The molecule has 152 valence electrons. The molecule has 0 aromatic heterocycles. The lowest BCUT2D eigenvalue weighted by Gasteiger charge is -2.19. The standard InChI is InChI=1S/C23H25NO4S/c25-22(24-17-12-13-17)21(16-7-2-1-3-8-16)28-23(26)19-10-4-5-11-20(19)29-15-18-9-6-14-27-18/h1-5,7-8,10-11,17-18,21H,6,9,12-15H2,(H,24,25)/t18-,21-/m1/s1. The Bertz CT molecular complexity index is 847. The minimum Gasteiger partial charge on any atom is -0.444 e. The van der Waals surface area contributed by atoms with Crippen molar-refractivity contribution in [1.82, 2.24) is 5.32 Å². The Hall–Kier alpha value is -2.31. The minimum atomic E-state index is -0.958. The number of thioether (sulfide) groups is 1. The Labute approximate surface area is 175 Å². The Morgan fingerprint density at radius 2 is 1.83 bits per heavy atom. The third kappa shape index (κ3) is 5.40. The molecular weight excluding hydrogens is 386 g/mol. The maximum Gasteiger partial charge on any atom is 0.340 e. The van der Waals surface area contributed by atoms with Crippen LogP contribution < -0.4 is 5.32 Å². The number of nitrogens with one attached hydrogen (secondary N) is 1. The van der Waals surface area contributed by atoms with E-state index >= 15 is 0 Å². The van der Waals surface area contributed by atoms with E-state index in [1.165, 1.54) is 0 Å². The summed E-state index contributed by atoms with van der Waals surface area (Å²) in [6.07, 6.45) is 3.36. The molecular formula is C23H25NO4S. The van der Waals surface area contributed by atoms with Gasteiger partial charge in [-0.1, -0.05) is 42.5 Å². The Balaban J connectivity index is 1.48. The zero-order chi connectivity index (χ0) is 20.1. The number of carbonyl (C=O) groups excluding carboxylic acids is 2. The largest absolute Gasteiger partial charge is 0.444 e. The Morgan fingerprint density at radius 3 is 2.55 bits per heavy atom. The van der Waals surface area contributed by atoms with Crippen LogP contribution in [0.4, 0.5) is 0 Å². The highest BCUT2D eigenvalue weighted by Gasteiger charge is 2.31. The van der Waals surface area contributed by atoms with Crippen LogP contribution in [0.5, 0.6) is 0 Å². The van der Waals surface area contributed by atoms with Gasteiger partial charge in [0.25, 0.3) is 5.91 Å². The number of benzene rings is 2. The first kappa shape index (κ1) is 20.0. The molecule has 2 aromatic rings. The summed E-state index contributed by atoms with van der Waals surface area (Å²) in [4.78, 5) is 26.6. The summed E-state index contributed by atoms with van der Waals surface area (Å²) in [5.74, 6) is 0.0472. The Morgan fingerprint density at radius 1 is 1.07 bits per heavy atom. The predicted octanol–water partition coefficient (Wildman–Crippen LogP) is 4.13. The topological polar surface area (TPSA) is 64.6 Å². The van der Waals surface area contributed by atoms with Crippen LogP contribution in [0, 0.1) is 0 Å². The van der Waals surface area contributed by atoms with Crippen molar-refractivity contribution in [1.29, 1.82) is 0 Å².